The topological polar surface area (TPSA) is 0 Å². The molecule has 0 unspecified atom stereocenters. The Morgan fingerprint density at radius 2 is 1.00 bits per heavy atom. The fourth-order valence-electron chi connectivity index (χ4n) is 0. The minimum absolute atomic E-state index is 0. The monoisotopic (exact) mass is 212 g/mol. The zero-order valence-corrected chi connectivity index (χ0v) is 5.15. The van der Waals surface area contributed by atoms with Crippen molar-refractivity contribution in [1.29, 1.82) is 0 Å². The fourth-order valence-corrected chi connectivity index (χ4v) is 0. The number of hydrogen-bond acceptors (Lipinski definition) is 0. The Balaban J connectivity index is 0. The van der Waals surface area contributed by atoms with Crippen molar-refractivity contribution in [3.05, 3.63) is 0 Å². The molecule has 4 heavy (non-hydrogen) atoms. The molecule has 0 nitrogen and oxygen atoms in total. The first kappa shape index (κ1) is 39.8. The van der Waals surface area contributed by atoms with Gasteiger partial charge in [-0.3, -0.25) is 0 Å². The molecular formula is CoCuNiS. The van der Waals surface area contributed by atoms with Gasteiger partial charge in [0.2, 0.25) is 0 Å². The Morgan fingerprint density at radius 1 is 1.00 bits per heavy atom. The summed E-state index contributed by atoms with van der Waals surface area (Å²) in [6.07, 6.45) is 0. The normalized spacial score (nSPS) is 0. The van der Waals surface area contributed by atoms with E-state index in [0.29, 0.717) is 0 Å². The predicted molar refractivity (Wildman–Crippen MR) is 7.37 cm³/mol. The predicted octanol–water partition coefficient (Wildman–Crippen LogP) is -0.00990. The Hall–Kier alpha value is 1.87. The van der Waals surface area contributed by atoms with Crippen LogP contribution in [0.2, 0.25) is 0 Å². The van der Waals surface area contributed by atoms with Crippen LogP contribution in [0.3, 0.4) is 0 Å². The van der Waals surface area contributed by atoms with Gasteiger partial charge in [0.25, 0.3) is 0 Å². The van der Waals surface area contributed by atoms with E-state index in [2.05, 4.69) is 0 Å². The second-order valence-corrected chi connectivity index (χ2v) is 0. The molecule has 4 heteroatoms. The SMILES string of the molecule is [Co+2].[Cu].[Ni].[S-2]. The third-order valence-electron chi connectivity index (χ3n) is 0. The molecule has 0 amide bonds. The van der Waals surface area contributed by atoms with Crippen molar-refractivity contribution in [3.63, 3.8) is 0 Å². The van der Waals surface area contributed by atoms with Gasteiger partial charge in [-0.15, -0.1) is 0 Å². The van der Waals surface area contributed by atoms with Crippen LogP contribution in [-0.2, 0) is 63.8 Å². The summed E-state index contributed by atoms with van der Waals surface area (Å²) in [6, 6.07) is 0. The van der Waals surface area contributed by atoms with E-state index in [0.717, 1.165) is 0 Å². The van der Waals surface area contributed by atoms with Gasteiger partial charge in [0.1, 0.15) is 0 Å². The van der Waals surface area contributed by atoms with Crippen LogP contribution in [0.15, 0.2) is 0 Å². The van der Waals surface area contributed by atoms with Gasteiger partial charge in [-0.1, -0.05) is 0 Å². The Labute approximate surface area is 63.5 Å². The third kappa shape index (κ3) is 9.12. The van der Waals surface area contributed by atoms with Gasteiger partial charge in [0.05, 0.1) is 0 Å². The van der Waals surface area contributed by atoms with Gasteiger partial charge in [-0.25, -0.2) is 0 Å². The molecule has 0 aromatic rings. The van der Waals surface area contributed by atoms with Gasteiger partial charge >= 0.3 is 16.8 Å². The standard InChI is InChI=1S/Co.Cu.Ni.S/q+2;;;-2. The van der Waals surface area contributed by atoms with E-state index in [1.165, 1.54) is 0 Å². The summed E-state index contributed by atoms with van der Waals surface area (Å²) in [5.41, 5.74) is 0. The first-order valence-electron chi connectivity index (χ1n) is 0. The molecule has 0 aromatic heterocycles. The van der Waals surface area contributed by atoms with Crippen molar-refractivity contribution >= 4 is 13.5 Å². The fraction of sp³-hybridized carbons (Fsp3) is 0. The summed E-state index contributed by atoms with van der Waals surface area (Å²) in [5, 5.41) is 0. The summed E-state index contributed by atoms with van der Waals surface area (Å²) >= 11 is 0. The van der Waals surface area contributed by atoms with Crippen LogP contribution in [0, 0.1) is 0 Å². The van der Waals surface area contributed by atoms with Crippen molar-refractivity contribution in [1.82, 2.24) is 0 Å². The van der Waals surface area contributed by atoms with E-state index in [1.807, 2.05) is 0 Å². The van der Waals surface area contributed by atoms with Crippen LogP contribution in [0.1, 0.15) is 0 Å². The van der Waals surface area contributed by atoms with Crippen LogP contribution in [0.25, 0.3) is 0 Å². The largest absolute Gasteiger partial charge is 2.00 e. The van der Waals surface area contributed by atoms with E-state index in [1.54, 1.807) is 0 Å². The van der Waals surface area contributed by atoms with E-state index >= 15 is 0 Å². The van der Waals surface area contributed by atoms with Crippen molar-refractivity contribution in [2.45, 2.75) is 0 Å². The molecule has 0 rings (SSSR count). The summed E-state index contributed by atoms with van der Waals surface area (Å²) in [7, 11) is 0. The van der Waals surface area contributed by atoms with Gasteiger partial charge in [0.15, 0.2) is 0 Å². The van der Waals surface area contributed by atoms with Crippen molar-refractivity contribution in [2.24, 2.45) is 0 Å². The maximum Gasteiger partial charge on any atom is 2.00 e. The molecule has 0 aliphatic rings. The number of hydrogen-bond donors (Lipinski definition) is 0. The average molecular weight is 213 g/mol. The third-order valence-corrected chi connectivity index (χ3v) is 0. The molecular weight excluding hydrogens is 213 g/mol. The zero-order chi connectivity index (χ0) is 0. The molecule has 0 aliphatic heterocycles. The molecule has 0 N–H and O–H groups in total. The first-order chi connectivity index (χ1) is 0. The second-order valence-electron chi connectivity index (χ2n) is 0. The minimum Gasteiger partial charge on any atom is -2.00 e. The molecule has 0 heterocycles. The molecule has 0 fully saturated rings. The molecule has 0 aromatic carbocycles. The smallest absolute Gasteiger partial charge is 2.00 e. The molecule has 0 spiro atoms. The Morgan fingerprint density at radius 3 is 1.00 bits per heavy atom. The van der Waals surface area contributed by atoms with Gasteiger partial charge in [0, 0.05) is 33.6 Å². The molecule has 0 aliphatic carbocycles. The van der Waals surface area contributed by atoms with Gasteiger partial charge in [-0.05, 0) is 0 Å². The van der Waals surface area contributed by atoms with E-state index < -0.39 is 0 Å². The van der Waals surface area contributed by atoms with Crippen molar-refractivity contribution in [2.75, 3.05) is 0 Å². The van der Waals surface area contributed by atoms with Gasteiger partial charge < -0.3 is 13.5 Å². The second kappa shape index (κ2) is 20.9. The quantitative estimate of drug-likeness (QED) is 0.496. The summed E-state index contributed by atoms with van der Waals surface area (Å²) in [6.45, 7) is 0. The van der Waals surface area contributed by atoms with E-state index in [9.17, 15) is 0 Å². The van der Waals surface area contributed by atoms with Crippen molar-refractivity contribution in [3.8, 4) is 0 Å². The molecule has 0 bridgehead atoms. The maximum absolute atomic E-state index is 0. The minimum atomic E-state index is 0. The molecule has 0 atom stereocenters. The van der Waals surface area contributed by atoms with E-state index in [-0.39, 0.29) is 63.8 Å². The van der Waals surface area contributed by atoms with Crippen LogP contribution >= 0.6 is 0 Å². The Kier molecular flexibility index (Phi) is 208. The molecule has 0 saturated heterocycles. The van der Waals surface area contributed by atoms with Crippen LogP contribution in [-0.4, -0.2) is 0 Å². The maximum atomic E-state index is 0. The summed E-state index contributed by atoms with van der Waals surface area (Å²) in [5.74, 6) is 0. The van der Waals surface area contributed by atoms with Crippen LogP contribution < -0.4 is 0 Å². The Bertz CT molecular complexity index is 8.00. The summed E-state index contributed by atoms with van der Waals surface area (Å²) < 4.78 is 0. The number of rotatable bonds is 0. The molecule has 0 saturated carbocycles. The first-order valence-corrected chi connectivity index (χ1v) is 0. The van der Waals surface area contributed by atoms with Gasteiger partial charge in [-0.2, -0.15) is 0 Å². The van der Waals surface area contributed by atoms with Crippen LogP contribution in [0.4, 0.5) is 0 Å². The summed E-state index contributed by atoms with van der Waals surface area (Å²) in [4.78, 5) is 0. The van der Waals surface area contributed by atoms with Crippen LogP contribution in [0.5, 0.6) is 0 Å². The zero-order valence-electron chi connectivity index (χ0n) is 1.36. The van der Waals surface area contributed by atoms with E-state index in [4.69, 9.17) is 0 Å². The molecule has 2 radical (unpaired) electrons. The average Bonchev–Trinajstić information content (AvgIpc) is 0. The molecule has 36 valence electrons. The van der Waals surface area contributed by atoms with Crippen molar-refractivity contribution < 1.29 is 50.3 Å².